The Hall–Kier alpha value is -2.92. The van der Waals surface area contributed by atoms with Gasteiger partial charge in [0.25, 0.3) is 5.91 Å². The van der Waals surface area contributed by atoms with Gasteiger partial charge in [-0.2, -0.15) is 0 Å². The number of imidazole rings is 1. The Bertz CT molecular complexity index is 1370. The molecule has 1 aliphatic heterocycles. The van der Waals surface area contributed by atoms with Gasteiger partial charge < -0.3 is 25.8 Å². The van der Waals surface area contributed by atoms with Crippen molar-refractivity contribution in [3.63, 3.8) is 0 Å². The number of halogens is 3. The Kier molecular flexibility index (Phi) is 13.8. The van der Waals surface area contributed by atoms with Crippen LogP contribution in [-0.2, 0) is 6.54 Å². The monoisotopic (exact) mass is 620 g/mol. The standard InChI is InChI=1S/C29H36N8O.3ClH/c1-36(2)16-4-12-31-26-19-23(11-13-32-26)28-33-24-5-3-6-25(27(24)35-28)34-29(38)22-9-7-21(8-10-22)20-37-17-14-30-15-18-37;;;/h3,5-11,13,19,30H,4,12,14-18,20H2,1-2H3,(H,31,32)(H,33,35)(H,34,38);3*1H. The molecule has 0 aliphatic carbocycles. The van der Waals surface area contributed by atoms with Crippen molar-refractivity contribution in [3.8, 4) is 11.4 Å². The van der Waals surface area contributed by atoms with Gasteiger partial charge in [-0.3, -0.25) is 9.69 Å². The molecule has 3 heterocycles. The number of pyridine rings is 1. The van der Waals surface area contributed by atoms with Crippen LogP contribution >= 0.6 is 37.2 Å². The Balaban J connectivity index is 0.00000196. The second kappa shape index (κ2) is 16.5. The summed E-state index contributed by atoms with van der Waals surface area (Å²) in [5.74, 6) is 1.40. The number of piperazine rings is 1. The Morgan fingerprint density at radius 1 is 1.02 bits per heavy atom. The summed E-state index contributed by atoms with van der Waals surface area (Å²) in [6.07, 6.45) is 2.82. The fourth-order valence-electron chi connectivity index (χ4n) is 4.64. The number of nitrogens with zero attached hydrogens (tertiary/aromatic N) is 4. The molecule has 4 N–H and O–H groups in total. The SMILES string of the molecule is CN(C)CCCNc1cc(-c2nc3c(NC(=O)c4ccc(CN5CCNCC5)cc4)cccc3[nH]2)ccn1.Cl.Cl.Cl. The minimum Gasteiger partial charge on any atom is -0.370 e. The van der Waals surface area contributed by atoms with Gasteiger partial charge in [-0.1, -0.05) is 18.2 Å². The van der Waals surface area contributed by atoms with Gasteiger partial charge >= 0.3 is 0 Å². The van der Waals surface area contributed by atoms with Crippen LogP contribution < -0.4 is 16.0 Å². The third-order valence-corrected chi connectivity index (χ3v) is 6.71. The van der Waals surface area contributed by atoms with Gasteiger partial charge in [0.1, 0.15) is 17.2 Å². The topological polar surface area (TPSA) is 101 Å². The van der Waals surface area contributed by atoms with Gasteiger partial charge in [-0.25, -0.2) is 9.97 Å². The Morgan fingerprint density at radius 3 is 2.51 bits per heavy atom. The summed E-state index contributed by atoms with van der Waals surface area (Å²) >= 11 is 0. The van der Waals surface area contributed by atoms with Crippen LogP contribution in [0, 0.1) is 0 Å². The molecule has 1 aliphatic rings. The zero-order valence-corrected chi connectivity index (χ0v) is 25.8. The van der Waals surface area contributed by atoms with E-state index in [0.717, 1.165) is 80.5 Å². The van der Waals surface area contributed by atoms with Gasteiger partial charge in [0, 0.05) is 56.6 Å². The second-order valence-electron chi connectivity index (χ2n) is 9.98. The highest BCUT2D eigenvalue weighted by Crippen LogP contribution is 2.27. The molecule has 1 saturated heterocycles. The van der Waals surface area contributed by atoms with Crippen LogP contribution in [-0.4, -0.2) is 84.0 Å². The van der Waals surface area contributed by atoms with E-state index >= 15 is 0 Å². The lowest BCUT2D eigenvalue weighted by Crippen LogP contribution is -2.42. The number of fused-ring (bicyclic) bond motifs is 1. The molecular formula is C29H39Cl3N8O. The highest BCUT2D eigenvalue weighted by Gasteiger charge is 2.14. The van der Waals surface area contributed by atoms with E-state index in [1.807, 2.05) is 54.6 Å². The molecule has 2 aromatic carbocycles. The lowest BCUT2D eigenvalue weighted by Gasteiger charge is -2.27. The van der Waals surface area contributed by atoms with E-state index in [4.69, 9.17) is 4.98 Å². The number of hydrogen-bond donors (Lipinski definition) is 4. The van der Waals surface area contributed by atoms with Crippen molar-refractivity contribution in [3.05, 3.63) is 71.9 Å². The van der Waals surface area contributed by atoms with Crippen molar-refractivity contribution in [1.29, 1.82) is 0 Å². The summed E-state index contributed by atoms with van der Waals surface area (Å²) in [6.45, 7) is 6.92. The van der Waals surface area contributed by atoms with E-state index in [-0.39, 0.29) is 43.1 Å². The van der Waals surface area contributed by atoms with Crippen LogP contribution in [0.15, 0.2) is 60.8 Å². The van der Waals surface area contributed by atoms with E-state index in [9.17, 15) is 4.79 Å². The number of aromatic nitrogens is 3. The van der Waals surface area contributed by atoms with Gasteiger partial charge in [0.15, 0.2) is 0 Å². The molecule has 1 amide bonds. The van der Waals surface area contributed by atoms with Crippen LogP contribution in [0.5, 0.6) is 0 Å². The Labute approximate surface area is 260 Å². The van der Waals surface area contributed by atoms with Crippen LogP contribution in [0.1, 0.15) is 22.3 Å². The molecule has 0 atom stereocenters. The number of benzene rings is 2. The minimum absolute atomic E-state index is 0. The van der Waals surface area contributed by atoms with E-state index in [0.29, 0.717) is 11.3 Å². The molecule has 2 aromatic heterocycles. The fraction of sp³-hybridized carbons (Fsp3) is 0.345. The summed E-state index contributed by atoms with van der Waals surface area (Å²) < 4.78 is 0. The van der Waals surface area contributed by atoms with Crippen molar-refractivity contribution < 1.29 is 4.79 Å². The number of anilines is 2. The molecule has 5 rings (SSSR count). The second-order valence-corrected chi connectivity index (χ2v) is 9.98. The first-order chi connectivity index (χ1) is 18.5. The number of amides is 1. The first-order valence-electron chi connectivity index (χ1n) is 13.2. The molecule has 1 fully saturated rings. The molecule has 0 radical (unpaired) electrons. The molecule has 0 bridgehead atoms. The summed E-state index contributed by atoms with van der Waals surface area (Å²) in [5.41, 5.74) is 5.04. The van der Waals surface area contributed by atoms with Crippen molar-refractivity contribution in [2.45, 2.75) is 13.0 Å². The first kappa shape index (κ1) is 34.3. The van der Waals surface area contributed by atoms with Gasteiger partial charge in [-0.15, -0.1) is 37.2 Å². The molecule has 222 valence electrons. The van der Waals surface area contributed by atoms with E-state index < -0.39 is 0 Å². The summed E-state index contributed by atoms with van der Waals surface area (Å²) in [4.78, 5) is 30.3. The highest BCUT2D eigenvalue weighted by molar-refractivity contribution is 6.08. The quantitative estimate of drug-likeness (QED) is 0.187. The molecule has 41 heavy (non-hydrogen) atoms. The fourth-order valence-corrected chi connectivity index (χ4v) is 4.64. The smallest absolute Gasteiger partial charge is 0.255 e. The summed E-state index contributed by atoms with van der Waals surface area (Å²) in [6, 6.07) is 17.6. The van der Waals surface area contributed by atoms with Crippen molar-refractivity contribution >= 4 is 65.7 Å². The van der Waals surface area contributed by atoms with Gasteiger partial charge in [-0.05, 0) is 69.0 Å². The normalized spacial score (nSPS) is 13.1. The predicted octanol–water partition coefficient (Wildman–Crippen LogP) is 4.91. The van der Waals surface area contributed by atoms with Crippen molar-refractivity contribution in [2.75, 3.05) is 64.0 Å². The predicted molar refractivity (Wildman–Crippen MR) is 175 cm³/mol. The number of carbonyl (C=O) groups excluding carboxylic acids is 1. The average molecular weight is 622 g/mol. The van der Waals surface area contributed by atoms with Gasteiger partial charge in [0.05, 0.1) is 11.2 Å². The zero-order valence-electron chi connectivity index (χ0n) is 23.4. The number of hydrogen-bond acceptors (Lipinski definition) is 7. The van der Waals surface area contributed by atoms with Crippen LogP contribution in [0.25, 0.3) is 22.4 Å². The third-order valence-electron chi connectivity index (χ3n) is 6.71. The van der Waals surface area contributed by atoms with Gasteiger partial charge in [0.2, 0.25) is 0 Å². The number of aromatic amines is 1. The average Bonchev–Trinajstić information content (AvgIpc) is 3.38. The van der Waals surface area contributed by atoms with Crippen molar-refractivity contribution in [2.24, 2.45) is 0 Å². The molecule has 12 heteroatoms. The highest BCUT2D eigenvalue weighted by atomic mass is 35.5. The number of H-pyrrole nitrogens is 1. The first-order valence-corrected chi connectivity index (χ1v) is 13.2. The maximum Gasteiger partial charge on any atom is 0.255 e. The van der Waals surface area contributed by atoms with Crippen LogP contribution in [0.4, 0.5) is 11.5 Å². The minimum atomic E-state index is -0.149. The lowest BCUT2D eigenvalue weighted by molar-refractivity contribution is 0.102. The zero-order chi connectivity index (χ0) is 26.3. The number of carbonyl (C=O) groups is 1. The molecule has 4 aromatic rings. The maximum absolute atomic E-state index is 13.1. The van der Waals surface area contributed by atoms with Crippen LogP contribution in [0.2, 0.25) is 0 Å². The largest absolute Gasteiger partial charge is 0.370 e. The lowest BCUT2D eigenvalue weighted by atomic mass is 10.1. The molecule has 0 spiro atoms. The third kappa shape index (κ3) is 9.29. The number of para-hydroxylation sites is 1. The maximum atomic E-state index is 13.1. The van der Waals surface area contributed by atoms with E-state index in [2.05, 4.69) is 49.8 Å². The molecule has 0 saturated carbocycles. The van der Waals surface area contributed by atoms with E-state index in [1.165, 1.54) is 5.56 Å². The van der Waals surface area contributed by atoms with Crippen LogP contribution in [0.3, 0.4) is 0 Å². The Morgan fingerprint density at radius 2 is 1.78 bits per heavy atom. The summed E-state index contributed by atoms with van der Waals surface area (Å²) in [7, 11) is 4.14. The molecule has 0 unspecified atom stereocenters. The number of nitrogens with one attached hydrogen (secondary N) is 4. The van der Waals surface area contributed by atoms with Crippen molar-refractivity contribution in [1.82, 2.24) is 30.1 Å². The van der Waals surface area contributed by atoms with E-state index in [1.54, 1.807) is 6.20 Å². The number of rotatable bonds is 10. The molecular weight excluding hydrogens is 583 g/mol. The molecule has 9 nitrogen and oxygen atoms in total. The summed E-state index contributed by atoms with van der Waals surface area (Å²) in [5, 5.41) is 9.81.